The summed E-state index contributed by atoms with van der Waals surface area (Å²) >= 11 is 5.93. The van der Waals surface area contributed by atoms with Gasteiger partial charge in [0.25, 0.3) is 0 Å². The minimum Gasteiger partial charge on any atom is -0.440 e. The minimum atomic E-state index is -0.263. The third-order valence-electron chi connectivity index (χ3n) is 2.82. The van der Waals surface area contributed by atoms with Gasteiger partial charge in [-0.25, -0.2) is 9.37 Å². The molecule has 0 saturated heterocycles. The second-order valence-corrected chi connectivity index (χ2v) is 4.66. The zero-order valence-corrected chi connectivity index (χ0v) is 10.6. The molecule has 2 N–H and O–H groups in total. The van der Waals surface area contributed by atoms with Crippen LogP contribution >= 0.6 is 11.6 Å². The van der Waals surface area contributed by atoms with Crippen LogP contribution in [0.1, 0.15) is 11.5 Å². The molecule has 0 spiro atoms. The maximum absolute atomic E-state index is 12.8. The van der Waals surface area contributed by atoms with Gasteiger partial charge in [-0.05, 0) is 23.8 Å². The SMILES string of the molecule is Nc1cc2oc(Cc3ccc(F)cc3)nc2cc1Cl. The van der Waals surface area contributed by atoms with E-state index in [1.807, 2.05) is 0 Å². The number of anilines is 1. The van der Waals surface area contributed by atoms with Gasteiger partial charge in [0.2, 0.25) is 0 Å². The van der Waals surface area contributed by atoms with E-state index < -0.39 is 0 Å². The van der Waals surface area contributed by atoms with Crippen LogP contribution in [-0.4, -0.2) is 4.98 Å². The molecule has 1 aromatic heterocycles. The normalized spacial score (nSPS) is 11.1. The third kappa shape index (κ3) is 2.39. The predicted octanol–water partition coefficient (Wildman–Crippen LogP) is 3.79. The van der Waals surface area contributed by atoms with E-state index in [0.717, 1.165) is 5.56 Å². The molecule has 0 aliphatic rings. The number of hydrogen-bond donors (Lipinski definition) is 1. The highest BCUT2D eigenvalue weighted by Crippen LogP contribution is 2.26. The van der Waals surface area contributed by atoms with E-state index in [1.165, 1.54) is 12.1 Å². The molecule has 3 aromatic rings. The Morgan fingerprint density at radius 2 is 1.95 bits per heavy atom. The van der Waals surface area contributed by atoms with E-state index in [1.54, 1.807) is 24.3 Å². The van der Waals surface area contributed by atoms with E-state index in [2.05, 4.69) is 4.98 Å². The van der Waals surface area contributed by atoms with Crippen molar-refractivity contribution in [1.29, 1.82) is 0 Å². The van der Waals surface area contributed by atoms with Gasteiger partial charge in [0.1, 0.15) is 11.3 Å². The Hall–Kier alpha value is -2.07. The van der Waals surface area contributed by atoms with Gasteiger partial charge in [-0.3, -0.25) is 0 Å². The highest BCUT2D eigenvalue weighted by atomic mass is 35.5. The van der Waals surface area contributed by atoms with Crippen molar-refractivity contribution in [1.82, 2.24) is 4.98 Å². The Kier molecular flexibility index (Phi) is 2.87. The molecule has 0 radical (unpaired) electrons. The van der Waals surface area contributed by atoms with Crippen molar-refractivity contribution < 1.29 is 8.81 Å². The van der Waals surface area contributed by atoms with Gasteiger partial charge in [0.15, 0.2) is 11.5 Å². The Labute approximate surface area is 113 Å². The molecule has 3 nitrogen and oxygen atoms in total. The lowest BCUT2D eigenvalue weighted by Crippen LogP contribution is -1.88. The standard InChI is InChI=1S/C14H10ClFN2O/c15-10-6-12-13(7-11(10)17)19-14(18-12)5-8-1-3-9(16)4-2-8/h1-4,6-7H,5,17H2. The number of aromatic nitrogens is 1. The quantitative estimate of drug-likeness (QED) is 0.725. The van der Waals surface area contributed by atoms with Crippen LogP contribution in [0.15, 0.2) is 40.8 Å². The first-order valence-corrected chi connectivity index (χ1v) is 6.08. The summed E-state index contributed by atoms with van der Waals surface area (Å²) in [4.78, 5) is 4.33. The zero-order chi connectivity index (χ0) is 13.4. The van der Waals surface area contributed by atoms with E-state index in [-0.39, 0.29) is 5.82 Å². The fourth-order valence-electron chi connectivity index (χ4n) is 1.86. The molecule has 0 atom stereocenters. The van der Waals surface area contributed by atoms with Crippen molar-refractivity contribution in [3.8, 4) is 0 Å². The predicted molar refractivity (Wildman–Crippen MR) is 72.6 cm³/mol. The van der Waals surface area contributed by atoms with Gasteiger partial charge < -0.3 is 10.2 Å². The number of hydrogen-bond acceptors (Lipinski definition) is 3. The molecule has 0 aliphatic carbocycles. The van der Waals surface area contributed by atoms with Gasteiger partial charge in [-0.2, -0.15) is 0 Å². The molecule has 0 saturated carbocycles. The molecule has 5 heteroatoms. The van der Waals surface area contributed by atoms with Crippen molar-refractivity contribution in [2.75, 3.05) is 5.73 Å². The van der Waals surface area contributed by atoms with Crippen molar-refractivity contribution >= 4 is 28.4 Å². The number of nitrogen functional groups attached to an aromatic ring is 1. The molecular weight excluding hydrogens is 267 g/mol. The average Bonchev–Trinajstić information content (AvgIpc) is 2.74. The monoisotopic (exact) mass is 276 g/mol. The number of oxazole rings is 1. The second kappa shape index (κ2) is 4.55. The molecule has 1 heterocycles. The lowest BCUT2D eigenvalue weighted by molar-refractivity contribution is 0.543. The maximum atomic E-state index is 12.8. The van der Waals surface area contributed by atoms with Gasteiger partial charge >= 0.3 is 0 Å². The van der Waals surface area contributed by atoms with Crippen LogP contribution in [0.5, 0.6) is 0 Å². The van der Waals surface area contributed by atoms with Crippen LogP contribution in [-0.2, 0) is 6.42 Å². The van der Waals surface area contributed by atoms with Crippen LogP contribution in [0.25, 0.3) is 11.1 Å². The first kappa shape index (κ1) is 12.0. The van der Waals surface area contributed by atoms with E-state index in [4.69, 9.17) is 21.8 Å². The summed E-state index contributed by atoms with van der Waals surface area (Å²) in [6, 6.07) is 9.54. The largest absolute Gasteiger partial charge is 0.440 e. The fourth-order valence-corrected chi connectivity index (χ4v) is 2.02. The Morgan fingerprint density at radius 3 is 2.68 bits per heavy atom. The third-order valence-corrected chi connectivity index (χ3v) is 3.15. The van der Waals surface area contributed by atoms with Crippen LogP contribution in [0, 0.1) is 5.82 Å². The van der Waals surface area contributed by atoms with Gasteiger partial charge in [0, 0.05) is 12.5 Å². The van der Waals surface area contributed by atoms with E-state index >= 15 is 0 Å². The minimum absolute atomic E-state index is 0.263. The molecule has 0 amide bonds. The number of fused-ring (bicyclic) bond motifs is 1. The summed E-state index contributed by atoms with van der Waals surface area (Å²) in [5.74, 6) is 0.282. The lowest BCUT2D eigenvalue weighted by Gasteiger charge is -1.96. The van der Waals surface area contributed by atoms with E-state index in [0.29, 0.717) is 34.1 Å². The molecule has 0 unspecified atom stereocenters. The highest BCUT2D eigenvalue weighted by molar-refractivity contribution is 6.33. The van der Waals surface area contributed by atoms with Crippen molar-refractivity contribution in [3.63, 3.8) is 0 Å². The average molecular weight is 277 g/mol. The van der Waals surface area contributed by atoms with Crippen molar-refractivity contribution in [2.45, 2.75) is 6.42 Å². The molecular formula is C14H10ClFN2O. The summed E-state index contributed by atoms with van der Waals surface area (Å²) in [6.07, 6.45) is 0.493. The highest BCUT2D eigenvalue weighted by Gasteiger charge is 2.09. The molecule has 0 bridgehead atoms. The maximum Gasteiger partial charge on any atom is 0.199 e. The number of rotatable bonds is 2. The topological polar surface area (TPSA) is 52.0 Å². The van der Waals surface area contributed by atoms with Gasteiger partial charge in [-0.15, -0.1) is 0 Å². The first-order chi connectivity index (χ1) is 9.11. The molecule has 0 aliphatic heterocycles. The van der Waals surface area contributed by atoms with Crippen molar-refractivity contribution in [3.05, 3.63) is 58.7 Å². The summed E-state index contributed by atoms with van der Waals surface area (Å²) in [5, 5.41) is 0.453. The smallest absolute Gasteiger partial charge is 0.199 e. The van der Waals surface area contributed by atoms with Crippen LogP contribution < -0.4 is 5.73 Å². The zero-order valence-electron chi connectivity index (χ0n) is 9.86. The molecule has 0 fully saturated rings. The molecule has 19 heavy (non-hydrogen) atoms. The number of halogens is 2. The summed E-state index contributed by atoms with van der Waals surface area (Å²) < 4.78 is 18.4. The molecule has 2 aromatic carbocycles. The Bertz CT molecular complexity index is 698. The number of benzene rings is 2. The van der Waals surface area contributed by atoms with Crippen LogP contribution in [0.3, 0.4) is 0 Å². The fraction of sp³-hybridized carbons (Fsp3) is 0.0714. The van der Waals surface area contributed by atoms with Gasteiger partial charge in [-0.1, -0.05) is 23.7 Å². The summed E-state index contributed by atoms with van der Waals surface area (Å²) in [5.41, 5.74) is 8.34. The summed E-state index contributed by atoms with van der Waals surface area (Å²) in [7, 11) is 0. The van der Waals surface area contributed by atoms with E-state index in [9.17, 15) is 4.39 Å². The van der Waals surface area contributed by atoms with Gasteiger partial charge in [0.05, 0.1) is 10.7 Å². The van der Waals surface area contributed by atoms with Crippen molar-refractivity contribution in [2.24, 2.45) is 0 Å². The molecule has 96 valence electrons. The number of nitrogens with zero attached hydrogens (tertiary/aromatic N) is 1. The lowest BCUT2D eigenvalue weighted by atomic mass is 10.1. The Morgan fingerprint density at radius 1 is 1.21 bits per heavy atom. The second-order valence-electron chi connectivity index (χ2n) is 4.25. The summed E-state index contributed by atoms with van der Waals surface area (Å²) in [6.45, 7) is 0. The number of nitrogens with two attached hydrogens (primary N) is 1. The molecule has 3 rings (SSSR count). The van der Waals surface area contributed by atoms with Crippen LogP contribution in [0.2, 0.25) is 5.02 Å². The Balaban J connectivity index is 1.95. The van der Waals surface area contributed by atoms with Crippen LogP contribution in [0.4, 0.5) is 10.1 Å². The first-order valence-electron chi connectivity index (χ1n) is 5.71.